The maximum Gasteiger partial charge on any atom is 0.0293 e. The van der Waals surface area contributed by atoms with Crippen LogP contribution in [-0.4, -0.2) is 11.5 Å². The Morgan fingerprint density at radius 1 is 1.29 bits per heavy atom. The molecule has 2 nitrogen and oxygen atoms in total. The van der Waals surface area contributed by atoms with E-state index in [-0.39, 0.29) is 0 Å². The third-order valence-electron chi connectivity index (χ3n) is 2.68. The molecule has 1 aromatic heterocycles. The van der Waals surface area contributed by atoms with E-state index < -0.39 is 0 Å². The van der Waals surface area contributed by atoms with Gasteiger partial charge < -0.3 is 5.32 Å². The van der Waals surface area contributed by atoms with Crippen molar-refractivity contribution in [1.29, 1.82) is 0 Å². The van der Waals surface area contributed by atoms with Crippen LogP contribution in [0.5, 0.6) is 0 Å². The minimum absolute atomic E-state index is 0.423. The molecule has 0 aliphatic rings. The summed E-state index contributed by atoms with van der Waals surface area (Å²) in [6.45, 7) is 7.77. The quantitative estimate of drug-likeness (QED) is 0.776. The first-order valence-electron chi connectivity index (χ1n) is 5.37. The molecular formula is C12H20N2. The summed E-state index contributed by atoms with van der Waals surface area (Å²) in [6.07, 6.45) is 4.92. The fraction of sp³-hybridized carbons (Fsp3) is 0.583. The molecule has 0 spiro atoms. The molecule has 0 aliphatic heterocycles. The molecule has 0 saturated heterocycles. The van der Waals surface area contributed by atoms with Gasteiger partial charge in [-0.25, -0.2) is 0 Å². The first-order chi connectivity index (χ1) is 6.74. The Morgan fingerprint density at radius 2 is 1.93 bits per heavy atom. The average Bonchev–Trinajstić information content (AvgIpc) is 2.26. The van der Waals surface area contributed by atoms with Gasteiger partial charge in [0.15, 0.2) is 0 Å². The highest BCUT2D eigenvalue weighted by molar-refractivity contribution is 5.13. The maximum absolute atomic E-state index is 4.01. The smallest absolute Gasteiger partial charge is 0.0293 e. The molecule has 0 saturated carbocycles. The van der Waals surface area contributed by atoms with Crippen molar-refractivity contribution >= 4 is 0 Å². The van der Waals surface area contributed by atoms with Crippen molar-refractivity contribution in [3.63, 3.8) is 0 Å². The second-order valence-electron chi connectivity index (χ2n) is 3.92. The summed E-state index contributed by atoms with van der Waals surface area (Å²) < 4.78 is 0. The first-order valence-corrected chi connectivity index (χ1v) is 5.37. The molecule has 14 heavy (non-hydrogen) atoms. The minimum Gasteiger partial charge on any atom is -0.310 e. The van der Waals surface area contributed by atoms with E-state index in [0.717, 1.165) is 12.5 Å². The standard InChI is InChI=1S/C12H20N2/c1-4-10(2)9-14-11(3)12-5-7-13-8-6-12/h5-8,10-11,14H,4,9H2,1-3H3/t10-,11+/m1/s1. The summed E-state index contributed by atoms with van der Waals surface area (Å²) in [7, 11) is 0. The zero-order valence-corrected chi connectivity index (χ0v) is 9.33. The number of hydrogen-bond acceptors (Lipinski definition) is 2. The Balaban J connectivity index is 2.39. The Morgan fingerprint density at radius 3 is 2.50 bits per heavy atom. The van der Waals surface area contributed by atoms with Gasteiger partial charge >= 0.3 is 0 Å². The predicted molar refractivity (Wildman–Crippen MR) is 60.1 cm³/mol. The largest absolute Gasteiger partial charge is 0.310 e. The lowest BCUT2D eigenvalue weighted by Crippen LogP contribution is -2.24. The van der Waals surface area contributed by atoms with Gasteiger partial charge in [-0.15, -0.1) is 0 Å². The predicted octanol–water partition coefficient (Wildman–Crippen LogP) is 2.78. The van der Waals surface area contributed by atoms with Crippen LogP contribution in [0.3, 0.4) is 0 Å². The molecule has 0 aliphatic carbocycles. The molecule has 78 valence electrons. The second-order valence-corrected chi connectivity index (χ2v) is 3.92. The first kappa shape index (κ1) is 11.2. The lowest BCUT2D eigenvalue weighted by atomic mass is 10.1. The molecule has 0 unspecified atom stereocenters. The van der Waals surface area contributed by atoms with Crippen LogP contribution < -0.4 is 5.32 Å². The van der Waals surface area contributed by atoms with Gasteiger partial charge in [0.05, 0.1) is 0 Å². The maximum atomic E-state index is 4.01. The van der Waals surface area contributed by atoms with Gasteiger partial charge in [0.25, 0.3) is 0 Å². The molecule has 1 heterocycles. The van der Waals surface area contributed by atoms with Gasteiger partial charge in [-0.2, -0.15) is 0 Å². The van der Waals surface area contributed by atoms with Crippen LogP contribution in [0.15, 0.2) is 24.5 Å². The van der Waals surface area contributed by atoms with Crippen LogP contribution in [0.1, 0.15) is 38.8 Å². The Bertz CT molecular complexity index is 246. The van der Waals surface area contributed by atoms with E-state index in [2.05, 4.69) is 43.2 Å². The number of hydrogen-bond donors (Lipinski definition) is 1. The molecule has 0 aromatic carbocycles. The van der Waals surface area contributed by atoms with Gasteiger partial charge in [-0.05, 0) is 37.1 Å². The lowest BCUT2D eigenvalue weighted by Gasteiger charge is -2.16. The normalized spacial score (nSPS) is 15.1. The van der Waals surface area contributed by atoms with Crippen molar-refractivity contribution in [2.45, 2.75) is 33.2 Å². The van der Waals surface area contributed by atoms with Gasteiger partial charge in [-0.3, -0.25) is 4.98 Å². The summed E-state index contributed by atoms with van der Waals surface area (Å²) in [4.78, 5) is 4.01. The van der Waals surface area contributed by atoms with Gasteiger partial charge in [0, 0.05) is 18.4 Å². The molecule has 0 radical (unpaired) electrons. The van der Waals surface area contributed by atoms with Crippen LogP contribution >= 0.6 is 0 Å². The minimum atomic E-state index is 0.423. The van der Waals surface area contributed by atoms with Crippen LogP contribution in [0.4, 0.5) is 0 Å². The van der Waals surface area contributed by atoms with E-state index in [0.29, 0.717) is 6.04 Å². The highest BCUT2D eigenvalue weighted by Gasteiger charge is 2.05. The summed E-state index contributed by atoms with van der Waals surface area (Å²) >= 11 is 0. The Kier molecular flexibility index (Phi) is 4.60. The summed E-state index contributed by atoms with van der Waals surface area (Å²) in [5.74, 6) is 0.749. The summed E-state index contributed by atoms with van der Waals surface area (Å²) in [5, 5.41) is 3.52. The van der Waals surface area contributed by atoms with Gasteiger partial charge in [0.1, 0.15) is 0 Å². The molecular weight excluding hydrogens is 172 g/mol. The monoisotopic (exact) mass is 192 g/mol. The van der Waals surface area contributed by atoms with Crippen molar-refractivity contribution in [1.82, 2.24) is 10.3 Å². The zero-order valence-electron chi connectivity index (χ0n) is 9.33. The number of nitrogens with one attached hydrogen (secondary N) is 1. The average molecular weight is 192 g/mol. The van der Waals surface area contributed by atoms with Crippen LogP contribution in [0.25, 0.3) is 0 Å². The van der Waals surface area contributed by atoms with E-state index in [4.69, 9.17) is 0 Å². The molecule has 0 fully saturated rings. The number of pyridine rings is 1. The third kappa shape index (κ3) is 3.46. The molecule has 1 N–H and O–H groups in total. The third-order valence-corrected chi connectivity index (χ3v) is 2.68. The molecule has 1 aromatic rings. The van der Waals surface area contributed by atoms with Crippen molar-refractivity contribution in [2.24, 2.45) is 5.92 Å². The molecule has 0 amide bonds. The van der Waals surface area contributed by atoms with Crippen LogP contribution in [0.2, 0.25) is 0 Å². The summed E-state index contributed by atoms with van der Waals surface area (Å²) in [6, 6.07) is 4.55. The van der Waals surface area contributed by atoms with Crippen LogP contribution in [-0.2, 0) is 0 Å². The van der Waals surface area contributed by atoms with Gasteiger partial charge in [0.2, 0.25) is 0 Å². The summed E-state index contributed by atoms with van der Waals surface area (Å²) in [5.41, 5.74) is 1.31. The fourth-order valence-electron chi connectivity index (χ4n) is 1.29. The topological polar surface area (TPSA) is 24.9 Å². The molecule has 2 atom stereocenters. The van der Waals surface area contributed by atoms with Gasteiger partial charge in [-0.1, -0.05) is 20.3 Å². The van der Waals surface area contributed by atoms with E-state index in [1.807, 2.05) is 12.4 Å². The lowest BCUT2D eigenvalue weighted by molar-refractivity contribution is 0.461. The molecule has 2 heteroatoms. The van der Waals surface area contributed by atoms with Crippen molar-refractivity contribution < 1.29 is 0 Å². The Hall–Kier alpha value is -0.890. The number of nitrogens with zero attached hydrogens (tertiary/aromatic N) is 1. The van der Waals surface area contributed by atoms with Crippen molar-refractivity contribution in [3.8, 4) is 0 Å². The fourth-order valence-corrected chi connectivity index (χ4v) is 1.29. The van der Waals surface area contributed by atoms with E-state index >= 15 is 0 Å². The molecule has 1 rings (SSSR count). The number of aromatic nitrogens is 1. The molecule has 0 bridgehead atoms. The zero-order chi connectivity index (χ0) is 10.4. The van der Waals surface area contributed by atoms with E-state index in [1.54, 1.807) is 0 Å². The van der Waals surface area contributed by atoms with Crippen molar-refractivity contribution in [3.05, 3.63) is 30.1 Å². The SMILES string of the molecule is CC[C@@H](C)CN[C@@H](C)c1ccncc1. The second kappa shape index (κ2) is 5.76. The van der Waals surface area contributed by atoms with E-state index in [1.165, 1.54) is 12.0 Å². The van der Waals surface area contributed by atoms with Crippen LogP contribution in [0, 0.1) is 5.92 Å². The highest BCUT2D eigenvalue weighted by Crippen LogP contribution is 2.11. The van der Waals surface area contributed by atoms with Crippen molar-refractivity contribution in [2.75, 3.05) is 6.54 Å². The number of rotatable bonds is 5. The van der Waals surface area contributed by atoms with E-state index in [9.17, 15) is 0 Å². The highest BCUT2D eigenvalue weighted by atomic mass is 14.9. The Labute approximate surface area is 86.8 Å².